The molecule has 1 aliphatic heterocycles. The van der Waals surface area contributed by atoms with Crippen LogP contribution in [0.4, 0.5) is 0 Å². The van der Waals surface area contributed by atoms with Crippen LogP contribution in [-0.4, -0.2) is 37.5 Å². The molecule has 2 N–H and O–H groups in total. The van der Waals surface area contributed by atoms with Gasteiger partial charge in [0.1, 0.15) is 0 Å². The largest absolute Gasteiger partial charge is 0.393 e. The molecule has 0 spiro atoms. The molecule has 1 saturated heterocycles. The van der Waals surface area contributed by atoms with E-state index in [1.54, 1.807) is 0 Å². The molecule has 0 atom stereocenters. The molecule has 76 valence electrons. The minimum atomic E-state index is -0.0191. The van der Waals surface area contributed by atoms with Crippen LogP contribution >= 0.6 is 0 Å². The lowest BCUT2D eigenvalue weighted by molar-refractivity contribution is -0.0998. The van der Waals surface area contributed by atoms with E-state index in [0.717, 1.165) is 39.1 Å². The first kappa shape index (κ1) is 9.44. The Kier molecular flexibility index (Phi) is 2.58. The summed E-state index contributed by atoms with van der Waals surface area (Å²) >= 11 is 0. The van der Waals surface area contributed by atoms with E-state index < -0.39 is 0 Å². The third-order valence-corrected chi connectivity index (χ3v) is 3.10. The van der Waals surface area contributed by atoms with Crippen LogP contribution in [0.3, 0.4) is 0 Å². The second-order valence-corrected chi connectivity index (χ2v) is 4.93. The third-order valence-electron chi connectivity index (χ3n) is 3.10. The van der Waals surface area contributed by atoms with Gasteiger partial charge in [-0.05, 0) is 25.3 Å². The Labute approximate surface area is 79.5 Å². The second-order valence-electron chi connectivity index (χ2n) is 4.93. The summed E-state index contributed by atoms with van der Waals surface area (Å²) in [5.41, 5.74) is 0.377. The zero-order valence-electron chi connectivity index (χ0n) is 8.25. The van der Waals surface area contributed by atoms with Crippen molar-refractivity contribution in [1.29, 1.82) is 0 Å². The van der Waals surface area contributed by atoms with E-state index in [4.69, 9.17) is 9.84 Å². The minimum absolute atomic E-state index is 0.0191. The number of aliphatic hydroxyl groups excluding tert-OH is 1. The smallest absolute Gasteiger partial charge is 0.0554 e. The lowest BCUT2D eigenvalue weighted by Crippen LogP contribution is -2.49. The number of aliphatic hydroxyl groups is 1. The summed E-state index contributed by atoms with van der Waals surface area (Å²) in [6.45, 7) is 6.16. The van der Waals surface area contributed by atoms with Crippen LogP contribution < -0.4 is 5.32 Å². The maximum atomic E-state index is 9.09. The normalized spacial score (nSPS) is 36.5. The summed E-state index contributed by atoms with van der Waals surface area (Å²) in [5.74, 6) is 0.708. The quantitative estimate of drug-likeness (QED) is 0.665. The molecule has 0 bridgehead atoms. The van der Waals surface area contributed by atoms with Crippen molar-refractivity contribution in [2.45, 2.75) is 25.9 Å². The molecule has 2 rings (SSSR count). The maximum absolute atomic E-state index is 9.09. The van der Waals surface area contributed by atoms with E-state index in [1.807, 2.05) is 0 Å². The molecule has 0 radical (unpaired) electrons. The van der Waals surface area contributed by atoms with Crippen LogP contribution in [0.15, 0.2) is 0 Å². The topological polar surface area (TPSA) is 41.5 Å². The van der Waals surface area contributed by atoms with Crippen LogP contribution in [0.25, 0.3) is 0 Å². The number of hydrogen-bond donors (Lipinski definition) is 2. The minimum Gasteiger partial charge on any atom is -0.393 e. The van der Waals surface area contributed by atoms with Crippen molar-refractivity contribution >= 4 is 0 Å². The van der Waals surface area contributed by atoms with E-state index in [-0.39, 0.29) is 6.10 Å². The number of ether oxygens (including phenoxy) is 1. The Bertz CT molecular complexity index is 174. The molecule has 1 aliphatic carbocycles. The number of rotatable bonds is 4. The molecule has 3 nitrogen and oxygen atoms in total. The van der Waals surface area contributed by atoms with E-state index in [2.05, 4.69) is 12.2 Å². The van der Waals surface area contributed by atoms with Crippen molar-refractivity contribution in [3.63, 3.8) is 0 Å². The fraction of sp³-hybridized carbons (Fsp3) is 1.00. The Hall–Kier alpha value is -0.120. The standard InChI is InChI=1S/C10H19NO2/c1-10(6-13-7-10)5-11-4-8-2-9(12)3-8/h8-9,11-12H,2-7H2,1H3. The van der Waals surface area contributed by atoms with Gasteiger partial charge in [-0.15, -0.1) is 0 Å². The molecule has 0 amide bonds. The van der Waals surface area contributed by atoms with Crippen molar-refractivity contribution < 1.29 is 9.84 Å². The molecule has 2 aliphatic rings. The highest BCUT2D eigenvalue weighted by atomic mass is 16.5. The molecule has 0 aromatic carbocycles. The first-order valence-corrected chi connectivity index (χ1v) is 5.14. The van der Waals surface area contributed by atoms with Gasteiger partial charge in [-0.25, -0.2) is 0 Å². The van der Waals surface area contributed by atoms with E-state index in [0.29, 0.717) is 11.3 Å². The van der Waals surface area contributed by atoms with Gasteiger partial charge in [0.2, 0.25) is 0 Å². The molecule has 13 heavy (non-hydrogen) atoms. The Morgan fingerprint density at radius 2 is 2.15 bits per heavy atom. The lowest BCUT2D eigenvalue weighted by Gasteiger charge is -2.39. The van der Waals surface area contributed by atoms with Crippen molar-refractivity contribution in [3.8, 4) is 0 Å². The van der Waals surface area contributed by atoms with Crippen LogP contribution in [0.1, 0.15) is 19.8 Å². The van der Waals surface area contributed by atoms with E-state index >= 15 is 0 Å². The molecule has 3 heteroatoms. The zero-order chi connectivity index (χ0) is 9.31. The van der Waals surface area contributed by atoms with Crippen molar-refractivity contribution in [2.24, 2.45) is 11.3 Å². The van der Waals surface area contributed by atoms with Gasteiger partial charge in [0.25, 0.3) is 0 Å². The van der Waals surface area contributed by atoms with Crippen molar-refractivity contribution in [1.82, 2.24) is 5.32 Å². The van der Waals surface area contributed by atoms with Gasteiger partial charge in [0.15, 0.2) is 0 Å². The fourth-order valence-electron chi connectivity index (χ4n) is 2.00. The first-order valence-electron chi connectivity index (χ1n) is 5.14. The fourth-order valence-corrected chi connectivity index (χ4v) is 2.00. The molecular formula is C10H19NO2. The van der Waals surface area contributed by atoms with Gasteiger partial charge in [-0.3, -0.25) is 0 Å². The number of nitrogens with one attached hydrogen (secondary N) is 1. The van der Waals surface area contributed by atoms with E-state index in [1.165, 1.54) is 0 Å². The summed E-state index contributed by atoms with van der Waals surface area (Å²) in [5, 5.41) is 12.5. The highest BCUT2D eigenvalue weighted by Gasteiger charge is 2.33. The Morgan fingerprint density at radius 1 is 1.46 bits per heavy atom. The molecule has 0 unspecified atom stereocenters. The molecule has 1 saturated carbocycles. The van der Waals surface area contributed by atoms with Gasteiger partial charge in [0.05, 0.1) is 19.3 Å². The molecule has 2 fully saturated rings. The summed E-state index contributed by atoms with van der Waals surface area (Å²) in [6.07, 6.45) is 1.95. The van der Waals surface area contributed by atoms with Crippen LogP contribution in [0.2, 0.25) is 0 Å². The van der Waals surface area contributed by atoms with Crippen LogP contribution in [0, 0.1) is 11.3 Å². The van der Waals surface area contributed by atoms with Crippen molar-refractivity contribution in [3.05, 3.63) is 0 Å². The van der Waals surface area contributed by atoms with E-state index in [9.17, 15) is 0 Å². The summed E-state index contributed by atoms with van der Waals surface area (Å²) in [7, 11) is 0. The van der Waals surface area contributed by atoms with Gasteiger partial charge >= 0.3 is 0 Å². The van der Waals surface area contributed by atoms with Gasteiger partial charge < -0.3 is 15.2 Å². The summed E-state index contributed by atoms with van der Waals surface area (Å²) in [6, 6.07) is 0. The molecule has 0 aromatic rings. The van der Waals surface area contributed by atoms with Crippen LogP contribution in [-0.2, 0) is 4.74 Å². The van der Waals surface area contributed by atoms with Gasteiger partial charge in [-0.1, -0.05) is 6.92 Å². The van der Waals surface area contributed by atoms with Crippen LogP contribution in [0.5, 0.6) is 0 Å². The summed E-state index contributed by atoms with van der Waals surface area (Å²) in [4.78, 5) is 0. The average molecular weight is 185 g/mol. The average Bonchev–Trinajstić information content (AvgIpc) is 1.98. The SMILES string of the molecule is CC1(CNCC2CC(O)C2)COC1. The van der Waals surface area contributed by atoms with Crippen molar-refractivity contribution in [2.75, 3.05) is 26.3 Å². The third kappa shape index (κ3) is 2.22. The predicted octanol–water partition coefficient (Wildman–Crippen LogP) is 0.383. The highest BCUT2D eigenvalue weighted by molar-refractivity contribution is 4.85. The van der Waals surface area contributed by atoms with Gasteiger partial charge in [0, 0.05) is 12.0 Å². The zero-order valence-corrected chi connectivity index (χ0v) is 8.25. The maximum Gasteiger partial charge on any atom is 0.0554 e. The Balaban J connectivity index is 1.54. The molecule has 0 aromatic heterocycles. The monoisotopic (exact) mass is 185 g/mol. The first-order chi connectivity index (χ1) is 6.18. The summed E-state index contributed by atoms with van der Waals surface area (Å²) < 4.78 is 5.17. The molecule has 1 heterocycles. The second kappa shape index (κ2) is 3.56. The molecular weight excluding hydrogens is 166 g/mol. The predicted molar refractivity (Wildman–Crippen MR) is 50.5 cm³/mol. The highest BCUT2D eigenvalue weighted by Crippen LogP contribution is 2.28. The van der Waals surface area contributed by atoms with Gasteiger partial charge in [-0.2, -0.15) is 0 Å². The lowest BCUT2D eigenvalue weighted by atomic mass is 9.82. The Morgan fingerprint density at radius 3 is 2.62 bits per heavy atom. The number of hydrogen-bond acceptors (Lipinski definition) is 3.